The Balaban J connectivity index is 1.91. The van der Waals surface area contributed by atoms with Crippen molar-refractivity contribution in [2.24, 2.45) is 7.05 Å². The molecule has 2 heterocycles. The van der Waals surface area contributed by atoms with Gasteiger partial charge in [-0.25, -0.2) is 22.2 Å². The maximum atomic E-state index is 14.8. The van der Waals surface area contributed by atoms with Crippen molar-refractivity contribution in [2.45, 2.75) is 0 Å². The summed E-state index contributed by atoms with van der Waals surface area (Å²) in [4.78, 5) is 12.1. The molecule has 0 aliphatic heterocycles. The largest absolute Gasteiger partial charge is 0.268 e. The normalized spacial score (nSPS) is 11.8. The molecule has 2 aromatic heterocycles. The molecular formula is C19H14Cl2FN5O3S. The van der Waals surface area contributed by atoms with Gasteiger partial charge in [0.25, 0.3) is 5.91 Å². The van der Waals surface area contributed by atoms with Crippen LogP contribution in [0.25, 0.3) is 28.0 Å². The summed E-state index contributed by atoms with van der Waals surface area (Å²) in [6.45, 7) is 0. The molecular weight excluding hydrogens is 468 g/mol. The van der Waals surface area contributed by atoms with Gasteiger partial charge in [0.15, 0.2) is 0 Å². The van der Waals surface area contributed by atoms with Crippen molar-refractivity contribution in [3.63, 3.8) is 0 Å². The average Bonchev–Trinajstić information content (AvgIpc) is 3.24. The van der Waals surface area contributed by atoms with Gasteiger partial charge in [-0.3, -0.25) is 9.48 Å². The number of aryl methyl sites for hydroxylation is 1. The number of carbonyl (C=O) groups excluding carboxylic acids is 1. The summed E-state index contributed by atoms with van der Waals surface area (Å²) in [5.74, 6) is -2.08. The van der Waals surface area contributed by atoms with Crippen LogP contribution < -0.4 is 4.72 Å². The minimum absolute atomic E-state index is 0.00374. The summed E-state index contributed by atoms with van der Waals surface area (Å²) in [6, 6.07) is 8.94. The van der Waals surface area contributed by atoms with E-state index in [-0.39, 0.29) is 10.7 Å². The Labute approximate surface area is 186 Å². The molecule has 8 nitrogen and oxygen atoms in total. The van der Waals surface area contributed by atoms with Crippen LogP contribution in [0.15, 0.2) is 42.6 Å². The van der Waals surface area contributed by atoms with Gasteiger partial charge in [0.1, 0.15) is 11.5 Å². The second-order valence-electron chi connectivity index (χ2n) is 6.75. The number of rotatable bonds is 4. The van der Waals surface area contributed by atoms with E-state index in [1.165, 1.54) is 4.68 Å². The summed E-state index contributed by atoms with van der Waals surface area (Å²) in [7, 11) is -2.11. The predicted octanol–water partition coefficient (Wildman–Crippen LogP) is 3.56. The lowest BCUT2D eigenvalue weighted by molar-refractivity contribution is 0.0978. The molecule has 1 amide bonds. The molecule has 12 heteroatoms. The van der Waals surface area contributed by atoms with Crippen LogP contribution in [-0.4, -0.2) is 40.1 Å². The van der Waals surface area contributed by atoms with Crippen molar-refractivity contribution in [1.82, 2.24) is 24.3 Å². The molecule has 0 aliphatic rings. The summed E-state index contributed by atoms with van der Waals surface area (Å²) in [5, 5.41) is 9.91. The summed E-state index contributed by atoms with van der Waals surface area (Å²) < 4.78 is 42.1. The second-order valence-corrected chi connectivity index (χ2v) is 9.34. The number of fused-ring (bicyclic) bond motifs is 1. The van der Waals surface area contributed by atoms with Gasteiger partial charge >= 0.3 is 0 Å². The van der Waals surface area contributed by atoms with Crippen LogP contribution in [0.2, 0.25) is 10.0 Å². The summed E-state index contributed by atoms with van der Waals surface area (Å²) in [5.41, 5.74) is 1.50. The van der Waals surface area contributed by atoms with Crippen LogP contribution in [0.5, 0.6) is 0 Å². The maximum Gasteiger partial charge on any atom is 0.267 e. The van der Waals surface area contributed by atoms with Crippen LogP contribution in [-0.2, 0) is 17.1 Å². The Morgan fingerprint density at radius 1 is 1.16 bits per heavy atom. The molecule has 2 aromatic carbocycles. The number of halogens is 3. The van der Waals surface area contributed by atoms with Crippen LogP contribution in [0.3, 0.4) is 0 Å². The molecule has 160 valence electrons. The van der Waals surface area contributed by atoms with Crippen molar-refractivity contribution in [3.8, 4) is 17.1 Å². The van der Waals surface area contributed by atoms with E-state index < -0.39 is 27.3 Å². The highest BCUT2D eigenvalue weighted by atomic mass is 35.5. The van der Waals surface area contributed by atoms with E-state index in [0.717, 1.165) is 18.4 Å². The smallest absolute Gasteiger partial charge is 0.267 e. The summed E-state index contributed by atoms with van der Waals surface area (Å²) >= 11 is 12.5. The SMILES string of the molecule is Cn1nccc1-c1nn(-c2cc(F)c(C(=O)NS(C)(=O)=O)cc2Cl)c2ccc(Cl)cc12. The molecule has 0 unspecified atom stereocenters. The predicted molar refractivity (Wildman–Crippen MR) is 116 cm³/mol. The monoisotopic (exact) mass is 481 g/mol. The molecule has 4 aromatic rings. The molecule has 0 atom stereocenters. The average molecular weight is 482 g/mol. The lowest BCUT2D eigenvalue weighted by Gasteiger charge is -2.10. The number of carbonyl (C=O) groups is 1. The first-order valence-corrected chi connectivity index (χ1v) is 11.4. The molecule has 0 saturated carbocycles. The zero-order valence-electron chi connectivity index (χ0n) is 16.1. The molecule has 0 saturated heterocycles. The lowest BCUT2D eigenvalue weighted by Crippen LogP contribution is -2.30. The van der Waals surface area contributed by atoms with Gasteiger partial charge in [-0.1, -0.05) is 23.2 Å². The van der Waals surface area contributed by atoms with Crippen LogP contribution in [0.4, 0.5) is 4.39 Å². The van der Waals surface area contributed by atoms with Crippen molar-refractivity contribution < 1.29 is 17.6 Å². The van der Waals surface area contributed by atoms with E-state index in [9.17, 15) is 17.6 Å². The standard InChI is InChI=1S/C19H14Cl2FN5O3S/c1-26-16(5-6-23-26)18-12-7-10(20)3-4-15(12)27(24-18)17-9-14(22)11(8-13(17)21)19(28)25-31(2,29)30/h3-9H,1-2H3,(H,25,28). The molecule has 1 N–H and O–H groups in total. The quantitative estimate of drug-likeness (QED) is 0.480. The highest BCUT2D eigenvalue weighted by molar-refractivity contribution is 7.89. The highest BCUT2D eigenvalue weighted by Gasteiger charge is 2.22. The Bertz CT molecular complexity index is 1460. The highest BCUT2D eigenvalue weighted by Crippen LogP contribution is 2.34. The molecule has 0 bridgehead atoms. The van der Waals surface area contributed by atoms with Gasteiger partial charge < -0.3 is 0 Å². The number of sulfonamides is 1. The van der Waals surface area contributed by atoms with Gasteiger partial charge in [0.2, 0.25) is 10.0 Å². The fraction of sp³-hybridized carbons (Fsp3) is 0.105. The molecule has 0 radical (unpaired) electrons. The first kappa shape index (κ1) is 21.3. The van der Waals surface area contributed by atoms with Crippen molar-refractivity contribution >= 4 is 50.0 Å². The zero-order chi connectivity index (χ0) is 22.5. The van der Waals surface area contributed by atoms with E-state index in [1.807, 2.05) is 0 Å². The Morgan fingerprint density at radius 2 is 1.90 bits per heavy atom. The number of amides is 1. The van der Waals surface area contributed by atoms with E-state index >= 15 is 0 Å². The van der Waals surface area contributed by atoms with Gasteiger partial charge in [-0.15, -0.1) is 0 Å². The maximum absolute atomic E-state index is 14.8. The number of hydrogen-bond donors (Lipinski definition) is 1. The Kier molecular flexibility index (Phi) is 5.24. The molecule has 0 fully saturated rings. The van der Waals surface area contributed by atoms with E-state index in [0.29, 0.717) is 27.3 Å². The number of nitrogens with one attached hydrogen (secondary N) is 1. The van der Waals surface area contributed by atoms with E-state index in [1.54, 1.807) is 46.9 Å². The number of aromatic nitrogens is 4. The van der Waals surface area contributed by atoms with Gasteiger partial charge in [0, 0.05) is 29.7 Å². The number of hydrogen-bond acceptors (Lipinski definition) is 5. The minimum atomic E-state index is -3.87. The van der Waals surface area contributed by atoms with Crippen LogP contribution in [0, 0.1) is 5.82 Å². The van der Waals surface area contributed by atoms with Crippen molar-refractivity contribution in [2.75, 3.05) is 6.26 Å². The topological polar surface area (TPSA) is 98.9 Å². The summed E-state index contributed by atoms with van der Waals surface area (Å²) in [6.07, 6.45) is 2.41. The fourth-order valence-electron chi connectivity index (χ4n) is 3.17. The number of benzene rings is 2. The first-order chi connectivity index (χ1) is 14.5. The fourth-order valence-corrected chi connectivity index (χ4v) is 4.03. The van der Waals surface area contributed by atoms with E-state index in [4.69, 9.17) is 23.2 Å². The molecule has 0 spiro atoms. The minimum Gasteiger partial charge on any atom is -0.268 e. The molecule has 31 heavy (non-hydrogen) atoms. The molecule has 0 aliphatic carbocycles. The zero-order valence-corrected chi connectivity index (χ0v) is 18.4. The van der Waals surface area contributed by atoms with Gasteiger partial charge in [-0.05, 0) is 30.3 Å². The van der Waals surface area contributed by atoms with Crippen molar-refractivity contribution in [3.05, 3.63) is 64.0 Å². The third-order valence-corrected chi connectivity index (χ3v) is 5.59. The lowest BCUT2D eigenvalue weighted by atomic mass is 10.1. The first-order valence-electron chi connectivity index (χ1n) is 8.73. The number of nitrogens with zero attached hydrogens (tertiary/aromatic N) is 4. The van der Waals surface area contributed by atoms with Gasteiger partial charge in [0.05, 0.1) is 33.7 Å². The van der Waals surface area contributed by atoms with E-state index in [2.05, 4.69) is 10.2 Å². The third kappa shape index (κ3) is 4.01. The van der Waals surface area contributed by atoms with Crippen LogP contribution in [0.1, 0.15) is 10.4 Å². The van der Waals surface area contributed by atoms with Crippen LogP contribution >= 0.6 is 23.2 Å². The Hall–Kier alpha value is -2.95. The van der Waals surface area contributed by atoms with Crippen molar-refractivity contribution in [1.29, 1.82) is 0 Å². The third-order valence-electron chi connectivity index (χ3n) is 4.49. The van der Waals surface area contributed by atoms with Gasteiger partial charge in [-0.2, -0.15) is 10.2 Å². The second kappa shape index (κ2) is 7.63. The Morgan fingerprint density at radius 3 is 2.55 bits per heavy atom. The molecule has 4 rings (SSSR count).